The number of ether oxygens (including phenoxy) is 8. The van der Waals surface area contributed by atoms with Crippen molar-refractivity contribution >= 4 is 5.97 Å². The van der Waals surface area contributed by atoms with Gasteiger partial charge in [-0.25, -0.2) is 0 Å². The highest BCUT2D eigenvalue weighted by atomic mass is 16.8. The topological polar surface area (TPSA) is 394 Å². The first-order valence-electron chi connectivity index (χ1n) is 27.9. The van der Waals surface area contributed by atoms with Gasteiger partial charge in [0.1, 0.15) is 103 Å². The number of fused-ring (bicyclic) bond motifs is 7. The third-order valence-corrected chi connectivity index (χ3v) is 21.5. The standard InChI is InChI=1S/C54H88O24/c1-49(2)14-15-54(48(70)78-46-41(69)38(66)34(62)26(20-57)73-46)23(16-49)22-8-9-29-51(5)12-11-31(50(3,4)28(51)10-13-52(29,6)53(22,7)17-30(54)59)75-47-43(77-45-40(68)37(65)33(61)25(19-56)72-45)42(35(63)27(21-58)74-47)76-44-39(67)36(64)32(60)24(18-55)71-44/h8,23-47,55-69H,9-21H2,1-7H3/t23-,24+,25+,26+,27+,28-,29+,30+,31-,32+,33+,34+,35+,36-,37-,38-,39+,40+,41+,42-,43+,44-,45-,46-,47-,51-,52+,53+,54+/m0/s1. The number of allylic oxidation sites excluding steroid dienone is 2. The Kier molecular flexibility index (Phi) is 17.2. The van der Waals surface area contributed by atoms with E-state index in [1.54, 1.807) is 0 Å². The molecular formula is C54H88O24. The molecule has 0 aromatic carbocycles. The van der Waals surface area contributed by atoms with Gasteiger partial charge in [0, 0.05) is 0 Å². The molecule has 9 rings (SSSR count). The van der Waals surface area contributed by atoms with Crippen molar-refractivity contribution in [3.8, 4) is 0 Å². The van der Waals surface area contributed by atoms with Crippen LogP contribution in [0.4, 0.5) is 0 Å². The predicted octanol–water partition coefficient (Wildman–Crippen LogP) is -3.06. The fraction of sp³-hybridized carbons (Fsp3) is 0.944. The number of aliphatic hydroxyl groups is 15. The molecule has 0 aromatic heterocycles. The van der Waals surface area contributed by atoms with Crippen LogP contribution in [0.1, 0.15) is 106 Å². The predicted molar refractivity (Wildman–Crippen MR) is 264 cm³/mol. The third kappa shape index (κ3) is 9.67. The molecule has 448 valence electrons. The molecule has 0 radical (unpaired) electrons. The van der Waals surface area contributed by atoms with Crippen molar-refractivity contribution in [3.05, 3.63) is 11.6 Å². The molecule has 4 saturated heterocycles. The van der Waals surface area contributed by atoms with E-state index in [1.165, 1.54) is 0 Å². The molecule has 0 amide bonds. The van der Waals surface area contributed by atoms with Crippen molar-refractivity contribution in [3.63, 3.8) is 0 Å². The summed E-state index contributed by atoms with van der Waals surface area (Å²) in [6.07, 6.45) is -29.0. The van der Waals surface area contributed by atoms with Crippen LogP contribution in [0.5, 0.6) is 0 Å². The maximum absolute atomic E-state index is 14.8. The lowest BCUT2D eigenvalue weighted by atomic mass is 9.33. The number of hydrogen-bond acceptors (Lipinski definition) is 24. The molecule has 5 aliphatic carbocycles. The highest BCUT2D eigenvalue weighted by Crippen LogP contribution is 2.76. The first kappa shape index (κ1) is 60.9. The Morgan fingerprint density at radius 2 is 1.01 bits per heavy atom. The van der Waals surface area contributed by atoms with E-state index in [-0.39, 0.29) is 35.5 Å². The second-order valence-corrected chi connectivity index (χ2v) is 26.4. The van der Waals surface area contributed by atoms with E-state index in [4.69, 9.17) is 37.9 Å². The van der Waals surface area contributed by atoms with Crippen LogP contribution in [-0.2, 0) is 42.7 Å². The van der Waals surface area contributed by atoms with Gasteiger partial charge in [0.15, 0.2) is 18.9 Å². The zero-order chi connectivity index (χ0) is 57.1. The third-order valence-electron chi connectivity index (χ3n) is 21.5. The summed E-state index contributed by atoms with van der Waals surface area (Å²) in [4.78, 5) is 14.8. The Balaban J connectivity index is 1.01. The molecular weight excluding hydrogens is 1030 g/mol. The zero-order valence-electron chi connectivity index (χ0n) is 45.6. The maximum Gasteiger partial charge on any atom is 0.317 e. The quantitative estimate of drug-likeness (QED) is 0.0524. The van der Waals surface area contributed by atoms with Crippen molar-refractivity contribution in [2.24, 2.45) is 50.2 Å². The normalized spacial score (nSPS) is 53.9. The summed E-state index contributed by atoms with van der Waals surface area (Å²) in [6, 6.07) is 0. The van der Waals surface area contributed by atoms with E-state index in [2.05, 4.69) is 54.5 Å². The highest BCUT2D eigenvalue weighted by Gasteiger charge is 2.72. The van der Waals surface area contributed by atoms with E-state index in [0.717, 1.165) is 5.57 Å². The van der Waals surface area contributed by atoms with Crippen LogP contribution >= 0.6 is 0 Å². The number of hydrogen-bond donors (Lipinski definition) is 15. The second-order valence-electron chi connectivity index (χ2n) is 26.4. The fourth-order valence-electron chi connectivity index (χ4n) is 16.6. The largest absolute Gasteiger partial charge is 0.432 e. The molecule has 4 aliphatic heterocycles. The molecule has 8 fully saturated rings. The summed E-state index contributed by atoms with van der Waals surface area (Å²) in [5.41, 5.74) is -2.65. The van der Waals surface area contributed by atoms with Crippen molar-refractivity contribution in [2.75, 3.05) is 26.4 Å². The summed E-state index contributed by atoms with van der Waals surface area (Å²) in [5.74, 6) is -1.22. The zero-order valence-corrected chi connectivity index (χ0v) is 45.6. The maximum atomic E-state index is 14.8. The van der Waals surface area contributed by atoms with Gasteiger partial charge >= 0.3 is 5.97 Å². The average molecular weight is 1120 g/mol. The lowest BCUT2D eigenvalue weighted by Crippen LogP contribution is -2.69. The number of aliphatic hydroxyl groups excluding tert-OH is 15. The molecule has 0 spiro atoms. The molecule has 24 nitrogen and oxygen atoms in total. The molecule has 0 unspecified atom stereocenters. The van der Waals surface area contributed by atoms with Crippen LogP contribution in [-0.4, -0.2) is 244 Å². The molecule has 0 aromatic rings. The van der Waals surface area contributed by atoms with Crippen molar-refractivity contribution in [1.82, 2.24) is 0 Å². The van der Waals surface area contributed by atoms with Crippen molar-refractivity contribution in [2.45, 2.75) is 241 Å². The molecule has 0 bridgehead atoms. The molecule has 29 atom stereocenters. The molecule has 15 N–H and O–H groups in total. The number of carbonyl (C=O) groups excluding carboxylic acids is 1. The molecule has 78 heavy (non-hydrogen) atoms. The summed E-state index contributed by atoms with van der Waals surface area (Å²) < 4.78 is 48.7. The smallest absolute Gasteiger partial charge is 0.317 e. The number of carbonyl (C=O) groups is 1. The summed E-state index contributed by atoms with van der Waals surface area (Å²) in [6.45, 7) is 12.2. The Morgan fingerprint density at radius 3 is 1.55 bits per heavy atom. The Hall–Kier alpha value is -1.67. The van der Waals surface area contributed by atoms with E-state index in [9.17, 15) is 81.4 Å². The van der Waals surface area contributed by atoms with Gasteiger partial charge in [-0.3, -0.25) is 4.79 Å². The lowest BCUT2D eigenvalue weighted by Gasteiger charge is -2.72. The van der Waals surface area contributed by atoms with Gasteiger partial charge < -0.3 is 114 Å². The lowest BCUT2D eigenvalue weighted by molar-refractivity contribution is -0.399. The fourth-order valence-corrected chi connectivity index (χ4v) is 16.6. The van der Waals surface area contributed by atoms with Crippen LogP contribution < -0.4 is 0 Å². The van der Waals surface area contributed by atoms with Gasteiger partial charge in [0.05, 0.1) is 38.6 Å². The Labute approximate surface area is 453 Å². The first-order chi connectivity index (χ1) is 36.5. The van der Waals surface area contributed by atoms with E-state index < -0.39 is 195 Å². The van der Waals surface area contributed by atoms with Crippen LogP contribution in [0.25, 0.3) is 0 Å². The van der Waals surface area contributed by atoms with Gasteiger partial charge in [-0.15, -0.1) is 0 Å². The van der Waals surface area contributed by atoms with Gasteiger partial charge in [-0.1, -0.05) is 60.1 Å². The Bertz CT molecular complexity index is 2140. The SMILES string of the molecule is CC1(C)CC[C@]2(C(=O)O[C@@H]3O[C@H](CO)[C@@H](O)[C@H](O)[C@H]3O)[C@H](O)C[C@]3(C)C(=CC[C@@H]4[C@@]5(C)CC[C@H](O[C@@H]6O[C@H](CO)[C@@H](O)[C@H](O[C@@H]7O[C@H](CO)[C@@H](O)[C@H](O)[C@H]7O)[C@H]6O[C@@H]6O[C@H](CO)[C@@H](O)[C@H](O)[C@H]6O)C(C)(C)[C@@H]5CC[C@]43C)[C@@H]2C1. The molecule has 4 saturated carbocycles. The van der Waals surface area contributed by atoms with Gasteiger partial charge in [-0.05, 0) is 103 Å². The molecule has 24 heteroatoms. The highest BCUT2D eigenvalue weighted by molar-refractivity contribution is 5.80. The van der Waals surface area contributed by atoms with Crippen LogP contribution in [0, 0.1) is 50.2 Å². The van der Waals surface area contributed by atoms with Crippen molar-refractivity contribution < 1.29 is 119 Å². The minimum absolute atomic E-state index is 0.0242. The Morgan fingerprint density at radius 1 is 0.526 bits per heavy atom. The summed E-state index contributed by atoms with van der Waals surface area (Å²) in [5, 5.41) is 162. The minimum atomic E-state index is -1.95. The first-order valence-corrected chi connectivity index (χ1v) is 27.9. The summed E-state index contributed by atoms with van der Waals surface area (Å²) in [7, 11) is 0. The number of esters is 1. The van der Waals surface area contributed by atoms with Gasteiger partial charge in [-0.2, -0.15) is 0 Å². The average Bonchev–Trinajstić information content (AvgIpc) is 3.48. The number of rotatable bonds is 12. The van der Waals surface area contributed by atoms with E-state index in [0.29, 0.717) is 44.9 Å². The second kappa shape index (κ2) is 22.1. The van der Waals surface area contributed by atoms with E-state index in [1.807, 2.05) is 0 Å². The van der Waals surface area contributed by atoms with Crippen LogP contribution in [0.15, 0.2) is 11.6 Å². The van der Waals surface area contributed by atoms with E-state index >= 15 is 0 Å². The van der Waals surface area contributed by atoms with Crippen LogP contribution in [0.2, 0.25) is 0 Å². The monoisotopic (exact) mass is 1120 g/mol. The summed E-state index contributed by atoms with van der Waals surface area (Å²) >= 11 is 0. The van der Waals surface area contributed by atoms with Gasteiger partial charge in [0.2, 0.25) is 6.29 Å². The molecule has 4 heterocycles. The van der Waals surface area contributed by atoms with Gasteiger partial charge in [0.25, 0.3) is 0 Å². The van der Waals surface area contributed by atoms with Crippen molar-refractivity contribution in [1.29, 1.82) is 0 Å². The minimum Gasteiger partial charge on any atom is -0.432 e. The van der Waals surface area contributed by atoms with Crippen LogP contribution in [0.3, 0.4) is 0 Å². The molecule has 9 aliphatic rings.